The Kier molecular flexibility index (Phi) is 4.88. The van der Waals surface area contributed by atoms with E-state index in [0.29, 0.717) is 16.7 Å². The van der Waals surface area contributed by atoms with Crippen molar-refractivity contribution in [2.24, 2.45) is 5.41 Å². The number of benzene rings is 1. The molecule has 116 valence electrons. The summed E-state index contributed by atoms with van der Waals surface area (Å²) in [4.78, 5) is 14.4. The lowest BCUT2D eigenvalue weighted by Crippen LogP contribution is -2.27. The quantitative estimate of drug-likeness (QED) is 0.669. The molecule has 0 aromatic heterocycles. The first-order valence-corrected chi connectivity index (χ1v) is 7.73. The molecule has 1 fully saturated rings. The lowest BCUT2D eigenvalue weighted by Gasteiger charge is -2.26. The molecule has 0 atom stereocenters. The van der Waals surface area contributed by atoms with Crippen molar-refractivity contribution >= 4 is 11.7 Å². The third-order valence-corrected chi connectivity index (χ3v) is 4.98. The van der Waals surface area contributed by atoms with Crippen LogP contribution in [0.4, 0.5) is 5.69 Å². The second kappa shape index (κ2) is 6.48. The largest absolute Gasteiger partial charge is 0.465 e. The SMILES string of the molecule is CCC1(CC)CCN(Cc2cccc(N)c2C(=O)OC)C1. The van der Waals surface area contributed by atoms with Gasteiger partial charge in [0, 0.05) is 18.8 Å². The predicted molar refractivity (Wildman–Crippen MR) is 85.1 cm³/mol. The Morgan fingerprint density at radius 3 is 2.67 bits per heavy atom. The minimum atomic E-state index is -0.348. The topological polar surface area (TPSA) is 55.6 Å². The van der Waals surface area contributed by atoms with E-state index in [4.69, 9.17) is 10.5 Å². The summed E-state index contributed by atoms with van der Waals surface area (Å²) in [5.41, 5.74) is 8.37. The third kappa shape index (κ3) is 3.21. The fourth-order valence-electron chi connectivity index (χ4n) is 3.33. The van der Waals surface area contributed by atoms with Gasteiger partial charge in [-0.25, -0.2) is 4.79 Å². The van der Waals surface area contributed by atoms with Gasteiger partial charge in [-0.1, -0.05) is 26.0 Å². The minimum absolute atomic E-state index is 0.348. The zero-order chi connectivity index (χ0) is 15.5. The van der Waals surface area contributed by atoms with Gasteiger partial charge in [-0.3, -0.25) is 4.90 Å². The van der Waals surface area contributed by atoms with Crippen molar-refractivity contribution in [1.29, 1.82) is 0 Å². The van der Waals surface area contributed by atoms with Crippen LogP contribution in [0.15, 0.2) is 18.2 Å². The Labute approximate surface area is 127 Å². The highest BCUT2D eigenvalue weighted by Gasteiger charge is 2.35. The van der Waals surface area contributed by atoms with Gasteiger partial charge in [0.15, 0.2) is 0 Å². The Bertz CT molecular complexity index is 510. The van der Waals surface area contributed by atoms with Crippen LogP contribution in [0.3, 0.4) is 0 Å². The van der Waals surface area contributed by atoms with Crippen LogP contribution in [0.25, 0.3) is 0 Å². The molecule has 0 spiro atoms. The fraction of sp³-hybridized carbons (Fsp3) is 0.588. The highest BCUT2D eigenvalue weighted by molar-refractivity contribution is 5.96. The molecule has 1 aromatic rings. The van der Waals surface area contributed by atoms with E-state index in [1.807, 2.05) is 12.1 Å². The minimum Gasteiger partial charge on any atom is -0.465 e. The molecule has 2 rings (SSSR count). The highest BCUT2D eigenvalue weighted by Crippen LogP contribution is 2.37. The number of carbonyl (C=O) groups excluding carboxylic acids is 1. The van der Waals surface area contributed by atoms with Crippen LogP contribution in [-0.2, 0) is 11.3 Å². The highest BCUT2D eigenvalue weighted by atomic mass is 16.5. The summed E-state index contributed by atoms with van der Waals surface area (Å²) >= 11 is 0. The maximum absolute atomic E-state index is 11.9. The van der Waals surface area contributed by atoms with Crippen molar-refractivity contribution in [2.45, 2.75) is 39.7 Å². The lowest BCUT2D eigenvalue weighted by molar-refractivity contribution is 0.0599. The maximum atomic E-state index is 11.9. The number of rotatable bonds is 5. The Balaban J connectivity index is 2.18. The summed E-state index contributed by atoms with van der Waals surface area (Å²) in [6, 6.07) is 5.63. The number of hydrogen-bond donors (Lipinski definition) is 1. The zero-order valence-corrected chi connectivity index (χ0v) is 13.3. The lowest BCUT2D eigenvalue weighted by atomic mass is 9.82. The van der Waals surface area contributed by atoms with Crippen molar-refractivity contribution in [1.82, 2.24) is 4.90 Å². The van der Waals surface area contributed by atoms with E-state index >= 15 is 0 Å². The number of likely N-dealkylation sites (tertiary alicyclic amines) is 1. The zero-order valence-electron chi connectivity index (χ0n) is 13.3. The smallest absolute Gasteiger partial charge is 0.340 e. The van der Waals surface area contributed by atoms with Gasteiger partial charge in [-0.05, 0) is 42.9 Å². The number of esters is 1. The fourth-order valence-corrected chi connectivity index (χ4v) is 3.33. The van der Waals surface area contributed by atoms with Gasteiger partial charge in [-0.2, -0.15) is 0 Å². The molecule has 0 aliphatic carbocycles. The van der Waals surface area contributed by atoms with E-state index < -0.39 is 0 Å². The van der Waals surface area contributed by atoms with Gasteiger partial charge in [0.25, 0.3) is 0 Å². The van der Waals surface area contributed by atoms with Gasteiger partial charge in [0.05, 0.1) is 12.7 Å². The molecule has 1 aromatic carbocycles. The van der Waals surface area contributed by atoms with Crippen molar-refractivity contribution in [3.8, 4) is 0 Å². The van der Waals surface area contributed by atoms with E-state index in [1.165, 1.54) is 26.4 Å². The van der Waals surface area contributed by atoms with Crippen LogP contribution in [0.1, 0.15) is 49.0 Å². The van der Waals surface area contributed by atoms with E-state index in [9.17, 15) is 4.79 Å². The molecular weight excluding hydrogens is 264 g/mol. The Hall–Kier alpha value is -1.55. The maximum Gasteiger partial charge on any atom is 0.340 e. The van der Waals surface area contributed by atoms with Crippen molar-refractivity contribution in [2.75, 3.05) is 25.9 Å². The molecule has 0 amide bonds. The summed E-state index contributed by atoms with van der Waals surface area (Å²) in [5.74, 6) is -0.348. The van der Waals surface area contributed by atoms with Gasteiger partial charge < -0.3 is 10.5 Å². The number of ether oxygens (including phenoxy) is 1. The van der Waals surface area contributed by atoms with Crippen LogP contribution >= 0.6 is 0 Å². The number of anilines is 1. The number of hydrogen-bond acceptors (Lipinski definition) is 4. The van der Waals surface area contributed by atoms with Crippen molar-refractivity contribution < 1.29 is 9.53 Å². The number of nitrogen functional groups attached to an aromatic ring is 1. The molecule has 0 unspecified atom stereocenters. The third-order valence-electron chi connectivity index (χ3n) is 4.98. The van der Waals surface area contributed by atoms with E-state index in [2.05, 4.69) is 18.7 Å². The average molecular weight is 290 g/mol. The molecule has 0 radical (unpaired) electrons. The second-order valence-electron chi connectivity index (χ2n) is 6.04. The summed E-state index contributed by atoms with van der Waals surface area (Å²) in [7, 11) is 1.40. The van der Waals surface area contributed by atoms with E-state index in [1.54, 1.807) is 6.07 Å². The van der Waals surface area contributed by atoms with Crippen LogP contribution in [0, 0.1) is 5.41 Å². The predicted octanol–water partition coefficient (Wildman–Crippen LogP) is 3.07. The first kappa shape index (κ1) is 15.8. The standard InChI is InChI=1S/C17H26N2O2/c1-4-17(5-2)9-10-19(12-17)11-13-7-6-8-14(18)15(13)16(20)21-3/h6-8H,4-5,9-12,18H2,1-3H3. The summed E-state index contributed by atoms with van der Waals surface area (Å²) < 4.78 is 4.87. The van der Waals surface area contributed by atoms with E-state index in [0.717, 1.165) is 25.2 Å². The Morgan fingerprint density at radius 1 is 1.38 bits per heavy atom. The Morgan fingerprint density at radius 2 is 2.10 bits per heavy atom. The number of carbonyl (C=O) groups is 1. The van der Waals surface area contributed by atoms with Gasteiger partial charge in [0.1, 0.15) is 0 Å². The van der Waals surface area contributed by atoms with Crippen LogP contribution in [0.2, 0.25) is 0 Å². The van der Waals surface area contributed by atoms with Gasteiger partial charge in [0.2, 0.25) is 0 Å². The average Bonchev–Trinajstić information content (AvgIpc) is 2.91. The molecule has 4 heteroatoms. The van der Waals surface area contributed by atoms with Crippen molar-refractivity contribution in [3.63, 3.8) is 0 Å². The van der Waals surface area contributed by atoms with Crippen LogP contribution < -0.4 is 5.73 Å². The first-order valence-electron chi connectivity index (χ1n) is 7.73. The molecule has 1 heterocycles. The molecule has 21 heavy (non-hydrogen) atoms. The molecule has 2 N–H and O–H groups in total. The summed E-state index contributed by atoms with van der Waals surface area (Å²) in [6.07, 6.45) is 3.65. The number of nitrogens with two attached hydrogens (primary N) is 1. The molecular formula is C17H26N2O2. The summed E-state index contributed by atoms with van der Waals surface area (Å²) in [5, 5.41) is 0. The molecule has 1 saturated heterocycles. The first-order chi connectivity index (χ1) is 10.0. The van der Waals surface area contributed by atoms with Gasteiger partial charge >= 0.3 is 5.97 Å². The normalized spacial score (nSPS) is 17.9. The molecule has 1 aliphatic heterocycles. The number of nitrogens with zero attached hydrogens (tertiary/aromatic N) is 1. The van der Waals surface area contributed by atoms with Crippen molar-refractivity contribution in [3.05, 3.63) is 29.3 Å². The number of methoxy groups -OCH3 is 1. The monoisotopic (exact) mass is 290 g/mol. The van der Waals surface area contributed by atoms with E-state index in [-0.39, 0.29) is 5.97 Å². The van der Waals surface area contributed by atoms with Gasteiger partial charge in [-0.15, -0.1) is 0 Å². The summed E-state index contributed by atoms with van der Waals surface area (Å²) in [6.45, 7) is 7.48. The van der Waals surface area contributed by atoms with Crippen LogP contribution in [0.5, 0.6) is 0 Å². The van der Waals surface area contributed by atoms with Crippen LogP contribution in [-0.4, -0.2) is 31.1 Å². The molecule has 1 aliphatic rings. The molecule has 4 nitrogen and oxygen atoms in total. The second-order valence-corrected chi connectivity index (χ2v) is 6.04. The molecule has 0 bridgehead atoms. The molecule has 0 saturated carbocycles.